The van der Waals surface area contributed by atoms with Crippen LogP contribution in [-0.4, -0.2) is 59.4 Å². The summed E-state index contributed by atoms with van der Waals surface area (Å²) in [6.45, 7) is 3.35. The Morgan fingerprint density at radius 1 is 1.31 bits per heavy atom. The molecule has 0 unspecified atom stereocenters. The Bertz CT molecular complexity index is 697. The van der Waals surface area contributed by atoms with E-state index in [1.54, 1.807) is 7.11 Å². The molecule has 7 nitrogen and oxygen atoms in total. The van der Waals surface area contributed by atoms with Gasteiger partial charge >= 0.3 is 0 Å². The van der Waals surface area contributed by atoms with E-state index >= 15 is 0 Å². The van der Waals surface area contributed by atoms with Gasteiger partial charge in [-0.2, -0.15) is 5.10 Å². The fourth-order valence-corrected chi connectivity index (χ4v) is 4.03. The number of hydrogen-bond donors (Lipinski definition) is 1. The number of nitrogens with one attached hydrogen (secondary N) is 1. The number of rotatable bonds is 4. The van der Waals surface area contributed by atoms with Crippen molar-refractivity contribution in [3.63, 3.8) is 0 Å². The Labute approximate surface area is 153 Å². The van der Waals surface area contributed by atoms with Crippen molar-refractivity contribution >= 4 is 5.91 Å². The number of aromatic nitrogens is 3. The maximum Gasteiger partial charge on any atom is 0.298 e. The molecule has 1 aromatic heterocycles. The number of carbonyl (C=O) groups excluding carboxylic acids is 1. The summed E-state index contributed by atoms with van der Waals surface area (Å²) < 4.78 is 10.5. The molecule has 0 radical (unpaired) electrons. The lowest BCUT2D eigenvalue weighted by molar-refractivity contribution is -0.124. The van der Waals surface area contributed by atoms with Gasteiger partial charge in [-0.1, -0.05) is 5.92 Å². The molecule has 2 saturated heterocycles. The fourth-order valence-electron chi connectivity index (χ4n) is 4.03. The van der Waals surface area contributed by atoms with Gasteiger partial charge in [0.05, 0.1) is 0 Å². The molecule has 3 aliphatic rings. The van der Waals surface area contributed by atoms with Gasteiger partial charge in [-0.15, -0.1) is 0 Å². The number of hydrogen-bond acceptors (Lipinski definition) is 5. The molecule has 0 spiro atoms. The molecular formula is C19H26N4O3. The first kappa shape index (κ1) is 17.5. The van der Waals surface area contributed by atoms with Gasteiger partial charge < -0.3 is 14.4 Å². The number of aromatic amines is 1. The van der Waals surface area contributed by atoms with Crippen LogP contribution in [0.1, 0.15) is 43.3 Å². The SMILES string of the molecule is COCc1nc([C@H]2CN(C(=O)C#CC3CCOCC3)C[C@@H]2C2CC2)n[nH]1. The van der Waals surface area contributed by atoms with Crippen molar-refractivity contribution in [3.05, 3.63) is 11.6 Å². The summed E-state index contributed by atoms with van der Waals surface area (Å²) in [5, 5.41) is 7.33. The number of amides is 1. The molecule has 7 heteroatoms. The highest BCUT2D eigenvalue weighted by Gasteiger charge is 2.45. The molecule has 4 rings (SSSR count). The van der Waals surface area contributed by atoms with Crippen LogP contribution in [0.15, 0.2) is 0 Å². The van der Waals surface area contributed by atoms with E-state index < -0.39 is 0 Å². The molecule has 0 bridgehead atoms. The molecule has 3 fully saturated rings. The van der Waals surface area contributed by atoms with Gasteiger partial charge in [0.2, 0.25) is 0 Å². The van der Waals surface area contributed by atoms with Crippen LogP contribution in [0.4, 0.5) is 0 Å². The van der Waals surface area contributed by atoms with Crippen molar-refractivity contribution in [1.29, 1.82) is 0 Å². The van der Waals surface area contributed by atoms with E-state index in [2.05, 4.69) is 27.0 Å². The van der Waals surface area contributed by atoms with Crippen LogP contribution >= 0.6 is 0 Å². The van der Waals surface area contributed by atoms with Gasteiger partial charge in [0, 0.05) is 45.2 Å². The van der Waals surface area contributed by atoms with Crippen molar-refractivity contribution in [2.24, 2.45) is 17.8 Å². The Kier molecular flexibility index (Phi) is 5.23. The predicted octanol–water partition coefficient (Wildman–Crippen LogP) is 1.33. The van der Waals surface area contributed by atoms with Crippen molar-refractivity contribution < 1.29 is 14.3 Å². The molecule has 140 valence electrons. The first-order chi connectivity index (χ1) is 12.7. The third-order valence-corrected chi connectivity index (χ3v) is 5.65. The van der Waals surface area contributed by atoms with Crippen LogP contribution in [0.3, 0.4) is 0 Å². The number of carbonyl (C=O) groups is 1. The summed E-state index contributed by atoms with van der Waals surface area (Å²) in [4.78, 5) is 19.1. The molecule has 2 aliphatic heterocycles. The first-order valence-electron chi connectivity index (χ1n) is 9.53. The van der Waals surface area contributed by atoms with E-state index in [9.17, 15) is 4.79 Å². The number of nitrogens with zero attached hydrogens (tertiary/aromatic N) is 3. The molecule has 26 heavy (non-hydrogen) atoms. The van der Waals surface area contributed by atoms with Gasteiger partial charge in [-0.3, -0.25) is 9.89 Å². The first-order valence-corrected chi connectivity index (χ1v) is 9.53. The summed E-state index contributed by atoms with van der Waals surface area (Å²) in [5.41, 5.74) is 0. The number of ether oxygens (including phenoxy) is 2. The maximum absolute atomic E-state index is 12.6. The molecule has 1 N–H and O–H groups in total. The largest absolute Gasteiger partial charge is 0.381 e. The van der Waals surface area contributed by atoms with E-state index in [0.29, 0.717) is 25.0 Å². The maximum atomic E-state index is 12.6. The lowest BCUT2D eigenvalue weighted by Crippen LogP contribution is -2.28. The normalized spacial score (nSPS) is 26.6. The molecule has 1 saturated carbocycles. The standard InChI is InChI=1S/C19H26N4O3/c1-25-12-17-20-19(22-21-17)16-11-23(10-15(16)14-3-4-14)18(24)5-2-13-6-8-26-9-7-13/h13-16H,3-4,6-12H2,1H3,(H,20,21,22)/t15-,16+/m1/s1. The minimum atomic E-state index is -0.0581. The van der Waals surface area contributed by atoms with E-state index in [0.717, 1.165) is 44.2 Å². The number of methoxy groups -OCH3 is 1. The average Bonchev–Trinajstić information content (AvgIpc) is 3.24. The van der Waals surface area contributed by atoms with Gasteiger partial charge in [0.25, 0.3) is 5.91 Å². The minimum absolute atomic E-state index is 0.0581. The van der Waals surface area contributed by atoms with Crippen molar-refractivity contribution in [1.82, 2.24) is 20.1 Å². The van der Waals surface area contributed by atoms with Crippen LogP contribution < -0.4 is 0 Å². The van der Waals surface area contributed by atoms with E-state index in [4.69, 9.17) is 9.47 Å². The Balaban J connectivity index is 1.43. The molecule has 1 aromatic rings. The zero-order chi connectivity index (χ0) is 17.9. The van der Waals surface area contributed by atoms with Crippen LogP contribution in [-0.2, 0) is 20.9 Å². The van der Waals surface area contributed by atoms with Gasteiger partial charge in [0.15, 0.2) is 11.6 Å². The summed E-state index contributed by atoms with van der Waals surface area (Å²) in [6.07, 6.45) is 4.33. The molecule has 1 aliphatic carbocycles. The Morgan fingerprint density at radius 3 is 2.85 bits per heavy atom. The second kappa shape index (κ2) is 7.77. The Morgan fingerprint density at radius 2 is 2.12 bits per heavy atom. The zero-order valence-corrected chi connectivity index (χ0v) is 15.2. The highest BCUT2D eigenvalue weighted by Crippen LogP contribution is 2.46. The van der Waals surface area contributed by atoms with Crippen molar-refractivity contribution in [2.45, 2.75) is 38.2 Å². The fraction of sp³-hybridized carbons (Fsp3) is 0.737. The van der Waals surface area contributed by atoms with Gasteiger partial charge in [-0.25, -0.2) is 4.98 Å². The minimum Gasteiger partial charge on any atom is -0.381 e. The highest BCUT2D eigenvalue weighted by molar-refractivity contribution is 5.93. The number of likely N-dealkylation sites (tertiary alicyclic amines) is 1. The lowest BCUT2D eigenvalue weighted by Gasteiger charge is -2.17. The summed E-state index contributed by atoms with van der Waals surface area (Å²) in [7, 11) is 1.64. The van der Waals surface area contributed by atoms with Crippen molar-refractivity contribution in [2.75, 3.05) is 33.4 Å². The van der Waals surface area contributed by atoms with Crippen LogP contribution in [0.2, 0.25) is 0 Å². The Hall–Kier alpha value is -1.91. The van der Waals surface area contributed by atoms with Gasteiger partial charge in [0.1, 0.15) is 6.61 Å². The molecule has 0 aromatic carbocycles. The molecule has 2 atom stereocenters. The topological polar surface area (TPSA) is 80.3 Å². The van der Waals surface area contributed by atoms with Crippen molar-refractivity contribution in [3.8, 4) is 11.8 Å². The monoisotopic (exact) mass is 358 g/mol. The third kappa shape index (κ3) is 3.92. The molecular weight excluding hydrogens is 332 g/mol. The van der Waals surface area contributed by atoms with Gasteiger partial charge in [-0.05, 0) is 43.4 Å². The average molecular weight is 358 g/mol. The lowest BCUT2D eigenvalue weighted by atomic mass is 9.91. The van der Waals surface area contributed by atoms with E-state index in [-0.39, 0.29) is 17.7 Å². The predicted molar refractivity (Wildman–Crippen MR) is 93.9 cm³/mol. The van der Waals surface area contributed by atoms with E-state index in [1.807, 2.05) is 4.90 Å². The second-order valence-corrected chi connectivity index (χ2v) is 7.55. The zero-order valence-electron chi connectivity index (χ0n) is 15.2. The number of H-pyrrole nitrogens is 1. The summed E-state index contributed by atoms with van der Waals surface area (Å²) in [6, 6.07) is 0. The summed E-state index contributed by atoms with van der Waals surface area (Å²) in [5.74, 6) is 9.13. The molecule has 3 heterocycles. The van der Waals surface area contributed by atoms with E-state index in [1.165, 1.54) is 12.8 Å². The highest BCUT2D eigenvalue weighted by atomic mass is 16.5. The third-order valence-electron chi connectivity index (χ3n) is 5.65. The quantitative estimate of drug-likeness (QED) is 0.822. The smallest absolute Gasteiger partial charge is 0.298 e. The molecule has 1 amide bonds. The van der Waals surface area contributed by atoms with Crippen LogP contribution in [0, 0.1) is 29.6 Å². The van der Waals surface area contributed by atoms with Crippen LogP contribution in [0.25, 0.3) is 0 Å². The summed E-state index contributed by atoms with van der Waals surface area (Å²) >= 11 is 0. The second-order valence-electron chi connectivity index (χ2n) is 7.55. The van der Waals surface area contributed by atoms with Crippen LogP contribution in [0.5, 0.6) is 0 Å².